The van der Waals surface area contributed by atoms with Crippen molar-refractivity contribution < 1.29 is 8.42 Å². The fourth-order valence-electron chi connectivity index (χ4n) is 3.95. The third-order valence-corrected chi connectivity index (χ3v) is 8.04. The first kappa shape index (κ1) is 22.5. The molecule has 0 spiro atoms. The van der Waals surface area contributed by atoms with Gasteiger partial charge in [-0.25, -0.2) is 13.4 Å². The molecule has 0 aliphatic heterocycles. The van der Waals surface area contributed by atoms with E-state index in [0.29, 0.717) is 11.4 Å². The van der Waals surface area contributed by atoms with Crippen LogP contribution in [-0.4, -0.2) is 24.6 Å². The molecule has 172 valence electrons. The molecule has 7 heteroatoms. The van der Waals surface area contributed by atoms with Gasteiger partial charge in [0.15, 0.2) is 9.84 Å². The summed E-state index contributed by atoms with van der Waals surface area (Å²) in [6, 6.07) is 26.0. The van der Waals surface area contributed by atoms with Gasteiger partial charge in [-0.2, -0.15) is 0 Å². The van der Waals surface area contributed by atoms with Crippen molar-refractivity contribution in [3.63, 3.8) is 0 Å². The van der Waals surface area contributed by atoms with Crippen molar-refractivity contribution in [1.29, 1.82) is 0 Å². The van der Waals surface area contributed by atoms with Crippen molar-refractivity contribution >= 4 is 32.2 Å². The van der Waals surface area contributed by atoms with Crippen LogP contribution in [0.15, 0.2) is 83.8 Å². The predicted molar refractivity (Wildman–Crippen MR) is 140 cm³/mol. The molecule has 0 fully saturated rings. The Morgan fingerprint density at radius 1 is 0.882 bits per heavy atom. The summed E-state index contributed by atoms with van der Waals surface area (Å²) in [6.07, 6.45) is 1.22. The number of rotatable bonds is 7. The minimum absolute atomic E-state index is 0.344. The number of hydrogen-bond acceptors (Lipinski definition) is 5. The maximum Gasteiger partial charge on any atom is 0.175 e. The largest absolute Gasteiger partial charge is 0.337 e. The van der Waals surface area contributed by atoms with Gasteiger partial charge in [-0.1, -0.05) is 42.5 Å². The number of imidazole rings is 1. The van der Waals surface area contributed by atoms with Gasteiger partial charge in [0.05, 0.1) is 20.8 Å². The second-order valence-electron chi connectivity index (χ2n) is 8.44. The molecule has 0 saturated heterocycles. The van der Waals surface area contributed by atoms with Crippen molar-refractivity contribution in [2.24, 2.45) is 0 Å². The van der Waals surface area contributed by atoms with E-state index >= 15 is 0 Å². The van der Waals surface area contributed by atoms with E-state index in [2.05, 4.69) is 65.8 Å². The SMILES string of the molecule is Cc1cccc2[nH]c(-c3ccc(-c4cccc(CNCc5ccc(S(C)(=O)=O)cc5)c4)s3)nc12. The average molecular weight is 488 g/mol. The first-order valence-corrected chi connectivity index (χ1v) is 13.7. The lowest BCUT2D eigenvalue weighted by Crippen LogP contribution is -2.12. The molecule has 2 heterocycles. The van der Waals surface area contributed by atoms with Crippen LogP contribution in [0.5, 0.6) is 0 Å². The lowest BCUT2D eigenvalue weighted by Gasteiger charge is -2.07. The summed E-state index contributed by atoms with van der Waals surface area (Å²) < 4.78 is 23.2. The summed E-state index contributed by atoms with van der Waals surface area (Å²) in [5.74, 6) is 0.903. The Balaban J connectivity index is 1.27. The van der Waals surface area contributed by atoms with Crippen molar-refractivity contribution in [2.45, 2.75) is 24.9 Å². The molecule has 5 rings (SSSR count). The first-order valence-electron chi connectivity index (χ1n) is 11.0. The molecule has 0 amide bonds. The Bertz CT molecular complexity index is 1570. The molecule has 0 aliphatic carbocycles. The summed E-state index contributed by atoms with van der Waals surface area (Å²) in [6.45, 7) is 3.47. The molecular formula is C27H25N3O2S2. The van der Waals surface area contributed by atoms with Gasteiger partial charge in [0.25, 0.3) is 0 Å². The number of aromatic nitrogens is 2. The van der Waals surface area contributed by atoms with E-state index in [4.69, 9.17) is 4.98 Å². The van der Waals surface area contributed by atoms with Gasteiger partial charge in [-0.15, -0.1) is 11.3 Å². The number of para-hydroxylation sites is 1. The number of nitrogens with zero attached hydrogens (tertiary/aromatic N) is 1. The Kier molecular flexibility index (Phi) is 6.08. The summed E-state index contributed by atoms with van der Waals surface area (Å²) in [5.41, 5.74) is 6.67. The second-order valence-corrected chi connectivity index (χ2v) is 11.5. The number of thiophene rings is 1. The van der Waals surface area contributed by atoms with Gasteiger partial charge >= 0.3 is 0 Å². The third kappa shape index (κ3) is 4.82. The van der Waals surface area contributed by atoms with E-state index in [0.717, 1.165) is 33.8 Å². The molecule has 0 bridgehead atoms. The highest BCUT2D eigenvalue weighted by atomic mass is 32.2. The zero-order chi connectivity index (χ0) is 23.7. The monoisotopic (exact) mass is 487 g/mol. The van der Waals surface area contributed by atoms with Gasteiger partial charge in [0.2, 0.25) is 0 Å². The Hall–Kier alpha value is -3.26. The minimum atomic E-state index is -3.16. The number of H-pyrrole nitrogens is 1. The number of hydrogen-bond donors (Lipinski definition) is 2. The number of fused-ring (bicyclic) bond motifs is 1. The van der Waals surface area contributed by atoms with Gasteiger partial charge < -0.3 is 10.3 Å². The van der Waals surface area contributed by atoms with Crippen LogP contribution in [0.3, 0.4) is 0 Å². The van der Waals surface area contributed by atoms with Crippen LogP contribution in [0.25, 0.3) is 32.2 Å². The lowest BCUT2D eigenvalue weighted by atomic mass is 10.1. The molecule has 3 aromatic carbocycles. The van der Waals surface area contributed by atoms with Crippen LogP contribution < -0.4 is 5.32 Å². The standard InChI is InChI=1S/C27H25N3O2S2/c1-18-5-3-8-23-26(18)30-27(29-23)25-14-13-24(33-25)21-7-4-6-20(15-21)17-28-16-19-9-11-22(12-10-19)34(2,31)32/h3-15,28H,16-17H2,1-2H3,(H,29,30). The summed E-state index contributed by atoms with van der Waals surface area (Å²) >= 11 is 1.73. The minimum Gasteiger partial charge on any atom is -0.337 e. The molecule has 0 atom stereocenters. The van der Waals surface area contributed by atoms with Gasteiger partial charge in [-0.05, 0) is 65.6 Å². The molecule has 0 unspecified atom stereocenters. The van der Waals surface area contributed by atoms with E-state index in [1.54, 1.807) is 23.5 Å². The molecule has 2 N–H and O–H groups in total. The van der Waals surface area contributed by atoms with Gasteiger partial charge in [0.1, 0.15) is 5.82 Å². The van der Waals surface area contributed by atoms with Crippen molar-refractivity contribution in [3.05, 3.63) is 95.6 Å². The Morgan fingerprint density at radius 2 is 1.62 bits per heavy atom. The number of sulfone groups is 1. The first-order chi connectivity index (χ1) is 16.4. The Morgan fingerprint density at radius 3 is 2.38 bits per heavy atom. The van der Waals surface area contributed by atoms with Crippen molar-refractivity contribution in [2.75, 3.05) is 6.26 Å². The summed E-state index contributed by atoms with van der Waals surface area (Å²) in [4.78, 5) is 10.9. The van der Waals surface area contributed by atoms with Crippen LogP contribution in [0.2, 0.25) is 0 Å². The zero-order valence-corrected chi connectivity index (χ0v) is 20.6. The average Bonchev–Trinajstić information content (AvgIpc) is 3.47. The highest BCUT2D eigenvalue weighted by Gasteiger charge is 2.11. The summed E-state index contributed by atoms with van der Waals surface area (Å²) in [7, 11) is -3.16. The lowest BCUT2D eigenvalue weighted by molar-refractivity contribution is 0.602. The normalized spacial score (nSPS) is 11.8. The van der Waals surface area contributed by atoms with Crippen LogP contribution in [-0.2, 0) is 22.9 Å². The highest BCUT2D eigenvalue weighted by Crippen LogP contribution is 2.34. The van der Waals surface area contributed by atoms with E-state index in [1.165, 1.54) is 27.8 Å². The fourth-order valence-corrected chi connectivity index (χ4v) is 5.53. The number of aryl methyl sites for hydroxylation is 1. The van der Waals surface area contributed by atoms with E-state index in [1.807, 2.05) is 18.2 Å². The molecule has 0 saturated carbocycles. The molecule has 0 aliphatic rings. The van der Waals surface area contributed by atoms with Crippen LogP contribution in [0.1, 0.15) is 16.7 Å². The van der Waals surface area contributed by atoms with E-state index < -0.39 is 9.84 Å². The van der Waals surface area contributed by atoms with Crippen LogP contribution in [0.4, 0.5) is 0 Å². The topological polar surface area (TPSA) is 74.8 Å². The number of aromatic amines is 1. The second kappa shape index (κ2) is 9.18. The fraction of sp³-hybridized carbons (Fsp3) is 0.148. The quantitative estimate of drug-likeness (QED) is 0.297. The van der Waals surface area contributed by atoms with E-state index in [-0.39, 0.29) is 0 Å². The molecule has 5 aromatic rings. The van der Waals surface area contributed by atoms with Crippen LogP contribution in [0, 0.1) is 6.92 Å². The maximum absolute atomic E-state index is 11.6. The zero-order valence-electron chi connectivity index (χ0n) is 19.0. The van der Waals surface area contributed by atoms with Crippen LogP contribution >= 0.6 is 11.3 Å². The molecule has 34 heavy (non-hydrogen) atoms. The highest BCUT2D eigenvalue weighted by molar-refractivity contribution is 7.90. The van der Waals surface area contributed by atoms with Gasteiger partial charge in [0, 0.05) is 24.2 Å². The molecular weight excluding hydrogens is 462 g/mol. The smallest absolute Gasteiger partial charge is 0.175 e. The molecule has 2 aromatic heterocycles. The maximum atomic E-state index is 11.6. The predicted octanol–water partition coefficient (Wildman–Crippen LogP) is 5.96. The molecule has 5 nitrogen and oxygen atoms in total. The third-order valence-electron chi connectivity index (χ3n) is 5.78. The van der Waals surface area contributed by atoms with E-state index in [9.17, 15) is 8.42 Å². The van der Waals surface area contributed by atoms with Crippen molar-refractivity contribution in [3.8, 4) is 21.1 Å². The number of benzene rings is 3. The summed E-state index contributed by atoms with van der Waals surface area (Å²) in [5, 5.41) is 3.45. The van der Waals surface area contributed by atoms with Crippen molar-refractivity contribution in [1.82, 2.24) is 15.3 Å². The Labute approximate surface area is 203 Å². The van der Waals surface area contributed by atoms with Gasteiger partial charge in [-0.3, -0.25) is 0 Å². The number of nitrogens with one attached hydrogen (secondary N) is 2. The molecule has 0 radical (unpaired) electrons.